The van der Waals surface area contributed by atoms with Crippen molar-refractivity contribution in [2.75, 3.05) is 32.2 Å². The van der Waals surface area contributed by atoms with Crippen LogP contribution in [-0.4, -0.2) is 94.9 Å². The Morgan fingerprint density at radius 1 is 0.632 bits per heavy atom. The Balaban J connectivity index is 2.35. The van der Waals surface area contributed by atoms with Crippen molar-refractivity contribution in [1.82, 2.24) is 0 Å². The summed E-state index contributed by atoms with van der Waals surface area (Å²) in [4.78, 5) is 25.6. The molecule has 0 heterocycles. The maximum Gasteiger partial charge on any atom is 0.460 e. The normalized spacial score (nSPS) is 15.2. The molecule has 0 bridgehead atoms. The van der Waals surface area contributed by atoms with E-state index in [9.17, 15) is 75.4 Å². The van der Waals surface area contributed by atoms with Gasteiger partial charge in [-0.25, -0.2) is 9.59 Å². The molecule has 0 saturated heterocycles. The number of carbonyl (C=O) groups is 2. The topological polar surface area (TPSA) is 92.3 Å². The maximum absolute atomic E-state index is 15.0. The Labute approximate surface area is 381 Å². The lowest BCUT2D eigenvalue weighted by Gasteiger charge is -2.44. The Kier molecular flexibility index (Phi) is 19.0. The van der Waals surface area contributed by atoms with E-state index in [2.05, 4.69) is 5.32 Å². The molecule has 0 fully saturated rings. The molecule has 388 valence electrons. The van der Waals surface area contributed by atoms with E-state index < -0.39 is 117 Å². The number of halogens is 17. The highest BCUT2D eigenvalue weighted by molar-refractivity contribution is 6.76. The summed E-state index contributed by atoms with van der Waals surface area (Å²) in [5.41, 5.74) is -0.326. The second-order valence-corrected chi connectivity index (χ2v) is 21.2. The summed E-state index contributed by atoms with van der Waals surface area (Å²) in [6, 6.07) is 10.7. The first-order valence-electron chi connectivity index (χ1n) is 20.3. The highest BCUT2D eigenvalue weighted by Crippen LogP contribution is 2.64. The second-order valence-electron chi connectivity index (χ2n) is 16.2. The number of nitrogens with one attached hydrogen (secondary N) is 1. The zero-order valence-corrected chi connectivity index (χ0v) is 38.7. The molecule has 26 heteroatoms. The van der Waals surface area contributed by atoms with E-state index >= 15 is 8.78 Å². The number of carbonyl (C=O) groups excluding carboxylic acids is 2. The number of ether oxygens (including phenoxy) is 4. The molecule has 2 aromatic rings. The van der Waals surface area contributed by atoms with Crippen molar-refractivity contribution in [2.45, 2.75) is 133 Å². The first-order valence-corrected chi connectivity index (χ1v) is 22.6. The number of rotatable bonds is 24. The smallest absolute Gasteiger partial charge is 0.460 e. The summed E-state index contributed by atoms with van der Waals surface area (Å²) >= 11 is 0. The molecule has 2 aromatic carbocycles. The van der Waals surface area contributed by atoms with Crippen LogP contribution in [-0.2, 0) is 18.7 Å². The summed E-state index contributed by atoms with van der Waals surface area (Å²) in [5, 5.41) is 2.58. The first-order chi connectivity index (χ1) is 30.8. The predicted molar refractivity (Wildman–Crippen MR) is 214 cm³/mol. The minimum Gasteiger partial charge on any atom is -0.497 e. The van der Waals surface area contributed by atoms with Gasteiger partial charge < -0.3 is 23.4 Å². The van der Waals surface area contributed by atoms with Gasteiger partial charge in [-0.05, 0) is 79.9 Å². The molecule has 0 radical (unpaired) electrons. The molecule has 0 saturated carbocycles. The molecule has 8 nitrogen and oxygen atoms in total. The van der Waals surface area contributed by atoms with Gasteiger partial charge in [-0.15, -0.1) is 0 Å². The minimum absolute atomic E-state index is 0.0857. The van der Waals surface area contributed by atoms with Gasteiger partial charge in [-0.2, -0.15) is 74.6 Å². The number of hydrogen-bond acceptors (Lipinski definition) is 7. The van der Waals surface area contributed by atoms with Gasteiger partial charge in [0.15, 0.2) is 8.32 Å². The number of methoxy groups -OCH3 is 1. The average Bonchev–Trinajstić information content (AvgIpc) is 3.24. The summed E-state index contributed by atoms with van der Waals surface area (Å²) in [6.07, 6.45) is -12.4. The third-order valence-electron chi connectivity index (χ3n) is 11.4. The van der Waals surface area contributed by atoms with Crippen LogP contribution < -0.4 is 14.8 Å². The molecule has 0 spiro atoms. The first kappa shape index (κ1) is 59.6. The molecule has 68 heavy (non-hydrogen) atoms. The van der Waals surface area contributed by atoms with Gasteiger partial charge in [0, 0.05) is 23.6 Å². The summed E-state index contributed by atoms with van der Waals surface area (Å²) < 4.78 is 264. The van der Waals surface area contributed by atoms with E-state index in [0.717, 1.165) is 0 Å². The van der Waals surface area contributed by atoms with Crippen LogP contribution in [0.2, 0.25) is 17.1 Å². The molecular formula is C42H50F17NO7Si. The van der Waals surface area contributed by atoms with E-state index in [1.165, 1.54) is 66.0 Å². The lowest BCUT2D eigenvalue weighted by molar-refractivity contribution is -0.461. The Morgan fingerprint density at radius 2 is 1.09 bits per heavy atom. The van der Waals surface area contributed by atoms with Crippen LogP contribution in [0.4, 0.5) is 85.1 Å². The number of amides is 1. The number of anilines is 1. The Hall–Kier alpha value is -4.49. The molecular weight excluding hydrogens is 982 g/mol. The van der Waals surface area contributed by atoms with Gasteiger partial charge >= 0.3 is 59.7 Å². The van der Waals surface area contributed by atoms with Gasteiger partial charge in [0.1, 0.15) is 24.2 Å². The maximum atomic E-state index is 15.0. The molecule has 0 aliphatic heterocycles. The van der Waals surface area contributed by atoms with E-state index in [1.54, 1.807) is 45.0 Å². The van der Waals surface area contributed by atoms with Crippen LogP contribution in [0.15, 0.2) is 59.7 Å². The van der Waals surface area contributed by atoms with Crippen molar-refractivity contribution in [1.29, 1.82) is 0 Å². The number of alkyl halides is 17. The summed E-state index contributed by atoms with van der Waals surface area (Å²) in [5.74, 6) is -57.5. The van der Waals surface area contributed by atoms with Crippen LogP contribution in [0.1, 0.15) is 73.5 Å². The van der Waals surface area contributed by atoms with E-state index in [1.807, 2.05) is 0 Å². The lowest BCUT2D eigenvalue weighted by Crippen LogP contribution is -2.74. The van der Waals surface area contributed by atoms with Gasteiger partial charge in [-0.1, -0.05) is 52.3 Å². The number of benzene rings is 2. The Bertz CT molecular complexity index is 2020. The van der Waals surface area contributed by atoms with Crippen molar-refractivity contribution in [3.63, 3.8) is 0 Å². The molecule has 0 aliphatic carbocycles. The SMILES string of the molecule is CCOC(=O)/C(C)=C(\C)[C@H](C)[C@H](OC(=O)Nc1ccc(OC)cc1)c1ccc(OCCO[Si](CCC(F)(F)C(F)(F)C(F)(F)C(F)(F)C(F)(F)C(F)(F)C(F)(F)C(F)(F)F)(C(C)C)C(C)C)cc1. The summed E-state index contributed by atoms with van der Waals surface area (Å²) in [6.45, 7) is 10.8. The number of hydrogen-bond donors (Lipinski definition) is 1. The second kappa shape index (κ2) is 21.7. The van der Waals surface area contributed by atoms with Crippen molar-refractivity contribution in [3.8, 4) is 11.5 Å². The van der Waals surface area contributed by atoms with Gasteiger partial charge in [0.05, 0.1) is 20.3 Å². The molecule has 2 rings (SSSR count). The van der Waals surface area contributed by atoms with Crippen molar-refractivity contribution in [3.05, 3.63) is 65.2 Å². The standard InChI is InChI=1S/C42H50F17NO7Si/c1-10-64-33(61)27(8)25(6)26(7)32(67-34(62)60-29-13-17-30(63-9)18-14-29)28-11-15-31(16-12-28)65-20-21-66-68(23(2)3,24(4)5)22-19-35(43,44)36(45,46)37(47,48)38(49,50)39(51,52)40(53,54)41(55,56)42(57,58)59/h11-18,23-24,26,32H,10,19-22H2,1-9H3,(H,60,62)/b27-25+/t26-,32-/m0/s1. The third-order valence-corrected chi connectivity index (χ3v) is 17.1. The quantitative estimate of drug-likeness (QED) is 0.0368. The Morgan fingerprint density at radius 3 is 1.53 bits per heavy atom. The van der Waals surface area contributed by atoms with Crippen LogP contribution in [0.3, 0.4) is 0 Å². The highest BCUT2D eigenvalue weighted by Gasteiger charge is 2.95. The largest absolute Gasteiger partial charge is 0.497 e. The van der Waals surface area contributed by atoms with Gasteiger partial charge in [0.25, 0.3) is 0 Å². The average molecular weight is 1030 g/mol. The summed E-state index contributed by atoms with van der Waals surface area (Å²) in [7, 11) is -2.58. The van der Waals surface area contributed by atoms with Crippen LogP contribution >= 0.6 is 0 Å². The monoisotopic (exact) mass is 1030 g/mol. The molecule has 0 aliphatic rings. The molecule has 0 unspecified atom stereocenters. The van der Waals surface area contributed by atoms with Crippen molar-refractivity contribution >= 4 is 26.1 Å². The lowest BCUT2D eigenvalue weighted by atomic mass is 9.88. The fourth-order valence-corrected chi connectivity index (χ4v) is 11.3. The fourth-order valence-electron chi connectivity index (χ4n) is 6.86. The van der Waals surface area contributed by atoms with E-state index in [4.69, 9.17) is 23.4 Å². The molecule has 1 N–H and O–H groups in total. The van der Waals surface area contributed by atoms with Crippen molar-refractivity contribution in [2.24, 2.45) is 5.92 Å². The van der Waals surface area contributed by atoms with Crippen LogP contribution in [0.5, 0.6) is 11.5 Å². The fraction of sp³-hybridized carbons (Fsp3) is 0.619. The van der Waals surface area contributed by atoms with Crippen LogP contribution in [0.25, 0.3) is 0 Å². The molecule has 2 atom stereocenters. The van der Waals surface area contributed by atoms with E-state index in [0.29, 0.717) is 22.6 Å². The predicted octanol–water partition coefficient (Wildman–Crippen LogP) is 14.1. The zero-order chi connectivity index (χ0) is 52.9. The van der Waals surface area contributed by atoms with Crippen LogP contribution in [0, 0.1) is 5.92 Å². The van der Waals surface area contributed by atoms with Crippen molar-refractivity contribution < 1.29 is 108 Å². The van der Waals surface area contributed by atoms with E-state index in [-0.39, 0.29) is 17.9 Å². The minimum atomic E-state index is -8.70. The zero-order valence-electron chi connectivity index (χ0n) is 37.7. The molecule has 0 aromatic heterocycles. The van der Waals surface area contributed by atoms with Gasteiger partial charge in [-0.3, -0.25) is 5.32 Å². The van der Waals surface area contributed by atoms with Gasteiger partial charge in [0.2, 0.25) is 0 Å². The number of esters is 1. The molecule has 1 amide bonds. The third kappa shape index (κ3) is 11.7. The highest BCUT2D eigenvalue weighted by atomic mass is 28.4.